The number of nitrogens with one attached hydrogen (secondary N) is 1. The zero-order valence-corrected chi connectivity index (χ0v) is 17.3. The van der Waals surface area contributed by atoms with E-state index in [1.54, 1.807) is 31.3 Å². The van der Waals surface area contributed by atoms with Gasteiger partial charge in [-0.1, -0.05) is 18.2 Å². The van der Waals surface area contributed by atoms with Gasteiger partial charge in [-0.2, -0.15) is 0 Å². The predicted molar refractivity (Wildman–Crippen MR) is 113 cm³/mol. The van der Waals surface area contributed by atoms with Gasteiger partial charge in [0.2, 0.25) is 0 Å². The van der Waals surface area contributed by atoms with Gasteiger partial charge in [0.25, 0.3) is 15.9 Å². The third-order valence-corrected chi connectivity index (χ3v) is 7.62. The number of benzene rings is 1. The lowest BCUT2D eigenvalue weighted by atomic mass is 9.92. The summed E-state index contributed by atoms with van der Waals surface area (Å²) in [5.41, 5.74) is 0.184. The Bertz CT molecular complexity index is 1340. The summed E-state index contributed by atoms with van der Waals surface area (Å²) in [6, 6.07) is 9.69. The summed E-state index contributed by atoms with van der Waals surface area (Å²) >= 11 is 0. The molecule has 0 radical (unpaired) electrons. The molecule has 2 amide bonds. The largest absolute Gasteiger partial charge is 0.465 e. The molecular formula is C20H19N5O5S. The minimum Gasteiger partial charge on any atom is -0.465 e. The molecule has 160 valence electrons. The van der Waals surface area contributed by atoms with Gasteiger partial charge >= 0.3 is 6.09 Å². The number of likely N-dealkylation sites (tertiary alicyclic amines) is 1. The molecule has 1 saturated heterocycles. The van der Waals surface area contributed by atoms with Crippen molar-refractivity contribution >= 4 is 44.4 Å². The van der Waals surface area contributed by atoms with Gasteiger partial charge in [0.05, 0.1) is 29.0 Å². The average molecular weight is 441 g/mol. The van der Waals surface area contributed by atoms with Crippen molar-refractivity contribution in [1.29, 1.82) is 0 Å². The first-order chi connectivity index (χ1) is 14.7. The van der Waals surface area contributed by atoms with E-state index in [-0.39, 0.29) is 29.5 Å². The first kappa shape index (κ1) is 19.4. The van der Waals surface area contributed by atoms with Crippen molar-refractivity contribution in [3.63, 3.8) is 0 Å². The Morgan fingerprint density at radius 1 is 1.23 bits per heavy atom. The molecule has 5 rings (SSSR count). The molecule has 10 nitrogen and oxygen atoms in total. The maximum absolute atomic E-state index is 13.1. The number of hydrogen-bond donors (Lipinski definition) is 2. The van der Waals surface area contributed by atoms with Crippen LogP contribution in [0.3, 0.4) is 0 Å². The Kier molecular flexibility index (Phi) is 4.03. The quantitative estimate of drug-likeness (QED) is 0.621. The highest BCUT2D eigenvalue weighted by Crippen LogP contribution is 2.42. The minimum absolute atomic E-state index is 0.0117. The summed E-state index contributed by atoms with van der Waals surface area (Å²) in [7, 11) is -2.25. The summed E-state index contributed by atoms with van der Waals surface area (Å²) < 4.78 is 27.4. The Balaban J connectivity index is 1.64. The van der Waals surface area contributed by atoms with E-state index < -0.39 is 21.7 Å². The van der Waals surface area contributed by atoms with Gasteiger partial charge in [-0.05, 0) is 24.6 Å². The van der Waals surface area contributed by atoms with Crippen LogP contribution in [0.15, 0.2) is 53.7 Å². The zero-order valence-electron chi connectivity index (χ0n) is 16.5. The number of carbonyl (C=O) groups is 2. The van der Waals surface area contributed by atoms with Crippen LogP contribution in [0.25, 0.3) is 11.0 Å². The summed E-state index contributed by atoms with van der Waals surface area (Å²) in [5, 5.41) is 13.1. The van der Waals surface area contributed by atoms with Crippen LogP contribution < -0.4 is 10.2 Å². The molecular weight excluding hydrogens is 422 g/mol. The average Bonchev–Trinajstić information content (AvgIpc) is 3.39. The SMILES string of the molecule is CN1C(=O)C2(CCN(C(=O)O)C2)Nc2c1cnc1c2ccn1S(=O)(=O)c1ccccc1. The molecule has 2 aliphatic rings. The topological polar surface area (TPSA) is 125 Å². The van der Waals surface area contributed by atoms with E-state index in [2.05, 4.69) is 10.3 Å². The van der Waals surface area contributed by atoms with Gasteiger partial charge in [-0.15, -0.1) is 0 Å². The molecule has 4 heterocycles. The fourth-order valence-corrected chi connectivity index (χ4v) is 5.63. The zero-order chi connectivity index (χ0) is 22.0. The molecule has 1 atom stereocenters. The fraction of sp³-hybridized carbons (Fsp3) is 0.250. The van der Waals surface area contributed by atoms with Crippen LogP contribution in [0.2, 0.25) is 0 Å². The second kappa shape index (κ2) is 6.45. The highest BCUT2D eigenvalue weighted by molar-refractivity contribution is 7.90. The first-order valence-corrected chi connectivity index (χ1v) is 11.0. The standard InChI is InChI=1S/C20H19N5O5S/c1-23-15-11-21-17-14(7-9-25(17)31(29,30)13-5-3-2-4-6-13)16(15)22-20(18(23)26)8-10-24(12-20)19(27)28/h2-7,9,11,22H,8,10,12H2,1H3,(H,27,28). The van der Waals surface area contributed by atoms with Crippen molar-refractivity contribution in [2.24, 2.45) is 0 Å². The maximum atomic E-state index is 13.1. The smallest absolute Gasteiger partial charge is 0.407 e. The summed E-state index contributed by atoms with van der Waals surface area (Å²) in [4.78, 5) is 31.6. The number of nitrogens with zero attached hydrogens (tertiary/aromatic N) is 4. The molecule has 0 bridgehead atoms. The molecule has 11 heteroatoms. The molecule has 31 heavy (non-hydrogen) atoms. The first-order valence-electron chi connectivity index (χ1n) is 9.59. The van der Waals surface area contributed by atoms with Gasteiger partial charge in [-0.3, -0.25) is 4.79 Å². The van der Waals surface area contributed by atoms with E-state index in [0.717, 1.165) is 3.97 Å². The molecule has 1 spiro atoms. The van der Waals surface area contributed by atoms with Crippen LogP contribution in [0.4, 0.5) is 16.2 Å². The van der Waals surface area contributed by atoms with E-state index in [0.29, 0.717) is 23.2 Å². The summed E-state index contributed by atoms with van der Waals surface area (Å²) in [6.07, 6.45) is 2.12. The number of rotatable bonds is 2. The highest BCUT2D eigenvalue weighted by Gasteiger charge is 2.51. The number of pyridine rings is 1. The Hall–Kier alpha value is -3.60. The Morgan fingerprint density at radius 2 is 1.97 bits per heavy atom. The normalized spacial score (nSPS) is 20.9. The number of amides is 2. The van der Waals surface area contributed by atoms with E-state index >= 15 is 0 Å². The second-order valence-electron chi connectivity index (χ2n) is 7.71. The number of fused-ring (bicyclic) bond motifs is 3. The fourth-order valence-electron chi connectivity index (χ4n) is 4.31. The second-order valence-corrected chi connectivity index (χ2v) is 9.53. The van der Waals surface area contributed by atoms with Crippen LogP contribution in [-0.2, 0) is 14.8 Å². The van der Waals surface area contributed by atoms with Gasteiger partial charge in [0.1, 0.15) is 5.54 Å². The van der Waals surface area contributed by atoms with Crippen molar-refractivity contribution in [1.82, 2.24) is 13.9 Å². The van der Waals surface area contributed by atoms with Gasteiger partial charge in [-0.25, -0.2) is 22.2 Å². The molecule has 0 aliphatic carbocycles. The van der Waals surface area contributed by atoms with Crippen LogP contribution in [-0.4, -0.2) is 65.1 Å². The lowest BCUT2D eigenvalue weighted by Crippen LogP contribution is -2.58. The van der Waals surface area contributed by atoms with Gasteiger partial charge in [0, 0.05) is 25.2 Å². The summed E-state index contributed by atoms with van der Waals surface area (Å²) in [5.74, 6) is -0.249. The van der Waals surface area contributed by atoms with E-state index in [4.69, 9.17) is 0 Å². The Labute approximate surface area is 177 Å². The van der Waals surface area contributed by atoms with Crippen molar-refractivity contribution in [2.45, 2.75) is 16.9 Å². The maximum Gasteiger partial charge on any atom is 0.407 e. The lowest BCUT2D eigenvalue weighted by molar-refractivity contribution is -0.122. The highest BCUT2D eigenvalue weighted by atomic mass is 32.2. The third kappa shape index (κ3) is 2.69. The molecule has 1 unspecified atom stereocenters. The molecule has 2 aliphatic heterocycles. The van der Waals surface area contributed by atoms with E-state index in [1.165, 1.54) is 34.3 Å². The third-order valence-electron chi connectivity index (χ3n) is 5.94. The molecule has 1 fully saturated rings. The van der Waals surface area contributed by atoms with Crippen molar-refractivity contribution in [3.05, 3.63) is 48.8 Å². The van der Waals surface area contributed by atoms with Crippen LogP contribution >= 0.6 is 0 Å². The number of anilines is 2. The molecule has 2 N–H and O–H groups in total. The predicted octanol–water partition coefficient (Wildman–Crippen LogP) is 1.78. The number of carboxylic acid groups (broad SMARTS) is 1. The number of carbonyl (C=O) groups excluding carboxylic acids is 1. The van der Waals surface area contributed by atoms with Gasteiger partial charge < -0.3 is 20.2 Å². The van der Waals surface area contributed by atoms with Gasteiger partial charge in [0.15, 0.2) is 5.65 Å². The molecule has 1 aromatic carbocycles. The van der Waals surface area contributed by atoms with Crippen molar-refractivity contribution in [2.75, 3.05) is 30.4 Å². The molecule has 3 aromatic rings. The van der Waals surface area contributed by atoms with E-state index in [1.807, 2.05) is 0 Å². The van der Waals surface area contributed by atoms with Crippen molar-refractivity contribution < 1.29 is 23.1 Å². The minimum atomic E-state index is -3.86. The number of hydrogen-bond acceptors (Lipinski definition) is 6. The van der Waals surface area contributed by atoms with Crippen LogP contribution in [0, 0.1) is 0 Å². The van der Waals surface area contributed by atoms with Crippen molar-refractivity contribution in [3.8, 4) is 0 Å². The lowest BCUT2D eigenvalue weighted by Gasteiger charge is -2.40. The summed E-state index contributed by atoms with van der Waals surface area (Å²) in [6.45, 7) is 0.243. The Morgan fingerprint density at radius 3 is 2.65 bits per heavy atom. The molecule has 0 saturated carbocycles. The molecule has 2 aromatic heterocycles. The van der Waals surface area contributed by atoms with E-state index in [9.17, 15) is 23.1 Å². The number of aromatic nitrogens is 2. The van der Waals surface area contributed by atoms with Crippen LogP contribution in [0.5, 0.6) is 0 Å². The number of likely N-dealkylation sites (N-methyl/N-ethyl adjacent to an activating group) is 1. The monoisotopic (exact) mass is 441 g/mol. The van der Waals surface area contributed by atoms with Crippen LogP contribution in [0.1, 0.15) is 6.42 Å².